The van der Waals surface area contributed by atoms with Crippen LogP contribution in [0.1, 0.15) is 23.0 Å². The number of rotatable bonds is 5. The van der Waals surface area contributed by atoms with Gasteiger partial charge >= 0.3 is 0 Å². The monoisotopic (exact) mass is 341 g/mol. The molecule has 0 unspecified atom stereocenters. The van der Waals surface area contributed by atoms with E-state index in [1.807, 2.05) is 6.92 Å². The van der Waals surface area contributed by atoms with Gasteiger partial charge in [0.1, 0.15) is 17.4 Å². The number of furan rings is 1. The SMILES string of the molecule is CCN(Cc1cccc(F)c1)C(=O)c1ccc(-c2ccc(F)cc2)o1. The second kappa shape index (κ2) is 7.30. The van der Waals surface area contributed by atoms with Crippen LogP contribution in [0.3, 0.4) is 0 Å². The van der Waals surface area contributed by atoms with Gasteiger partial charge in [0, 0.05) is 18.7 Å². The number of nitrogens with zero attached hydrogens (tertiary/aromatic N) is 1. The molecule has 0 aliphatic heterocycles. The van der Waals surface area contributed by atoms with E-state index in [1.165, 1.54) is 24.3 Å². The molecule has 25 heavy (non-hydrogen) atoms. The largest absolute Gasteiger partial charge is 0.451 e. The molecule has 0 spiro atoms. The summed E-state index contributed by atoms with van der Waals surface area (Å²) in [6.45, 7) is 2.60. The van der Waals surface area contributed by atoms with E-state index in [2.05, 4.69) is 0 Å². The normalized spacial score (nSPS) is 10.7. The molecular weight excluding hydrogens is 324 g/mol. The topological polar surface area (TPSA) is 33.5 Å². The molecule has 3 rings (SSSR count). The predicted octanol–water partition coefficient (Wildman–Crippen LogP) is 4.89. The fraction of sp³-hybridized carbons (Fsp3) is 0.150. The molecule has 0 saturated carbocycles. The van der Waals surface area contributed by atoms with Gasteiger partial charge in [-0.1, -0.05) is 12.1 Å². The summed E-state index contributed by atoms with van der Waals surface area (Å²) < 4.78 is 31.9. The highest BCUT2D eigenvalue weighted by molar-refractivity contribution is 5.92. The van der Waals surface area contributed by atoms with E-state index >= 15 is 0 Å². The molecule has 0 aliphatic carbocycles. The third-order valence-electron chi connectivity index (χ3n) is 3.88. The van der Waals surface area contributed by atoms with Gasteiger partial charge in [0.15, 0.2) is 5.76 Å². The summed E-state index contributed by atoms with van der Waals surface area (Å²) in [5.74, 6) is -0.265. The molecule has 3 aromatic rings. The molecule has 1 aromatic heterocycles. The Morgan fingerprint density at radius 1 is 1.00 bits per heavy atom. The lowest BCUT2D eigenvalue weighted by atomic mass is 10.2. The fourth-order valence-corrected chi connectivity index (χ4v) is 2.56. The fourth-order valence-electron chi connectivity index (χ4n) is 2.56. The Labute approximate surface area is 144 Å². The van der Waals surface area contributed by atoms with Gasteiger partial charge in [0.2, 0.25) is 0 Å². The van der Waals surface area contributed by atoms with Crippen molar-refractivity contribution in [3.8, 4) is 11.3 Å². The van der Waals surface area contributed by atoms with Gasteiger partial charge in [-0.25, -0.2) is 8.78 Å². The lowest BCUT2D eigenvalue weighted by molar-refractivity contribution is 0.0721. The Bertz CT molecular complexity index is 871. The van der Waals surface area contributed by atoms with Crippen molar-refractivity contribution >= 4 is 5.91 Å². The summed E-state index contributed by atoms with van der Waals surface area (Å²) in [4.78, 5) is 14.2. The number of carbonyl (C=O) groups excluding carboxylic acids is 1. The van der Waals surface area contributed by atoms with E-state index in [9.17, 15) is 13.6 Å². The quantitative estimate of drug-likeness (QED) is 0.662. The van der Waals surface area contributed by atoms with Gasteiger partial charge in [-0.3, -0.25) is 4.79 Å². The minimum atomic E-state index is -0.336. The van der Waals surface area contributed by atoms with Crippen LogP contribution in [0.4, 0.5) is 8.78 Å². The maximum atomic E-state index is 13.3. The predicted molar refractivity (Wildman–Crippen MR) is 90.9 cm³/mol. The highest BCUT2D eigenvalue weighted by Crippen LogP contribution is 2.23. The van der Waals surface area contributed by atoms with Crippen LogP contribution in [0.5, 0.6) is 0 Å². The van der Waals surface area contributed by atoms with E-state index in [0.717, 1.165) is 0 Å². The van der Waals surface area contributed by atoms with Crippen LogP contribution in [0.25, 0.3) is 11.3 Å². The number of benzene rings is 2. The zero-order valence-corrected chi connectivity index (χ0v) is 13.7. The van der Waals surface area contributed by atoms with Crippen LogP contribution >= 0.6 is 0 Å². The lowest BCUT2D eigenvalue weighted by Crippen LogP contribution is -2.30. The summed E-state index contributed by atoms with van der Waals surface area (Å²) in [5, 5.41) is 0. The van der Waals surface area contributed by atoms with Crippen LogP contribution in [0.2, 0.25) is 0 Å². The van der Waals surface area contributed by atoms with E-state index in [-0.39, 0.29) is 23.3 Å². The molecular formula is C20H17F2NO2. The average molecular weight is 341 g/mol. The summed E-state index contributed by atoms with van der Waals surface area (Å²) in [6, 6.07) is 15.3. The Balaban J connectivity index is 1.78. The minimum absolute atomic E-state index is 0.192. The number of carbonyl (C=O) groups is 1. The molecule has 0 N–H and O–H groups in total. The zero-order chi connectivity index (χ0) is 17.8. The standard InChI is InChI=1S/C20H17F2NO2/c1-2-23(13-14-4-3-5-17(22)12-14)20(24)19-11-10-18(25-19)15-6-8-16(21)9-7-15/h3-12H,2,13H2,1H3. The third-order valence-corrected chi connectivity index (χ3v) is 3.88. The molecule has 5 heteroatoms. The zero-order valence-electron chi connectivity index (χ0n) is 13.7. The molecule has 0 aliphatic rings. The van der Waals surface area contributed by atoms with Crippen LogP contribution in [-0.4, -0.2) is 17.4 Å². The first kappa shape index (κ1) is 16.9. The van der Waals surface area contributed by atoms with Crippen molar-refractivity contribution in [3.05, 3.63) is 83.6 Å². The molecule has 3 nitrogen and oxygen atoms in total. The number of hydrogen-bond acceptors (Lipinski definition) is 2. The lowest BCUT2D eigenvalue weighted by Gasteiger charge is -2.19. The molecule has 1 heterocycles. The van der Waals surface area contributed by atoms with Crippen molar-refractivity contribution < 1.29 is 18.0 Å². The second-order valence-corrected chi connectivity index (χ2v) is 5.62. The molecule has 2 aromatic carbocycles. The minimum Gasteiger partial charge on any atom is -0.451 e. The Hall–Kier alpha value is -2.95. The van der Waals surface area contributed by atoms with Gasteiger partial charge in [0.05, 0.1) is 0 Å². The average Bonchev–Trinajstić information content (AvgIpc) is 3.10. The van der Waals surface area contributed by atoms with E-state index in [0.29, 0.717) is 30.0 Å². The molecule has 1 amide bonds. The van der Waals surface area contributed by atoms with Crippen LogP contribution in [-0.2, 0) is 6.54 Å². The second-order valence-electron chi connectivity index (χ2n) is 5.62. The first-order valence-corrected chi connectivity index (χ1v) is 7.96. The van der Waals surface area contributed by atoms with Gasteiger partial charge in [-0.05, 0) is 61.0 Å². The van der Waals surface area contributed by atoms with E-state index < -0.39 is 0 Å². The van der Waals surface area contributed by atoms with Crippen LogP contribution in [0, 0.1) is 11.6 Å². The number of halogens is 2. The molecule has 0 atom stereocenters. The summed E-state index contributed by atoms with van der Waals surface area (Å²) in [5.41, 5.74) is 1.40. The van der Waals surface area contributed by atoms with Gasteiger partial charge < -0.3 is 9.32 Å². The molecule has 0 fully saturated rings. The van der Waals surface area contributed by atoms with Crippen molar-refractivity contribution in [1.29, 1.82) is 0 Å². The molecule has 0 bridgehead atoms. The maximum Gasteiger partial charge on any atom is 0.289 e. The van der Waals surface area contributed by atoms with E-state index in [4.69, 9.17) is 4.42 Å². The Kier molecular flexibility index (Phi) is 4.93. The smallest absolute Gasteiger partial charge is 0.289 e. The van der Waals surface area contributed by atoms with Crippen molar-refractivity contribution in [2.45, 2.75) is 13.5 Å². The number of hydrogen-bond donors (Lipinski definition) is 0. The number of amides is 1. The highest BCUT2D eigenvalue weighted by Gasteiger charge is 2.19. The van der Waals surface area contributed by atoms with Gasteiger partial charge in [-0.2, -0.15) is 0 Å². The summed E-state index contributed by atoms with van der Waals surface area (Å²) in [7, 11) is 0. The highest BCUT2D eigenvalue weighted by atomic mass is 19.1. The van der Waals surface area contributed by atoms with Gasteiger partial charge in [0.25, 0.3) is 5.91 Å². The van der Waals surface area contributed by atoms with Crippen LogP contribution in [0.15, 0.2) is 65.1 Å². The molecule has 128 valence electrons. The molecule has 0 saturated heterocycles. The van der Waals surface area contributed by atoms with Crippen molar-refractivity contribution in [2.75, 3.05) is 6.54 Å². The third kappa shape index (κ3) is 3.94. The first-order valence-electron chi connectivity index (χ1n) is 7.96. The van der Waals surface area contributed by atoms with E-state index in [1.54, 1.807) is 41.3 Å². The van der Waals surface area contributed by atoms with Crippen molar-refractivity contribution in [1.82, 2.24) is 4.90 Å². The van der Waals surface area contributed by atoms with Crippen LogP contribution < -0.4 is 0 Å². The maximum absolute atomic E-state index is 13.3. The Morgan fingerprint density at radius 2 is 1.76 bits per heavy atom. The van der Waals surface area contributed by atoms with Crippen molar-refractivity contribution in [3.63, 3.8) is 0 Å². The summed E-state index contributed by atoms with van der Waals surface area (Å²) in [6.07, 6.45) is 0. The molecule has 0 radical (unpaired) electrons. The Morgan fingerprint density at radius 3 is 2.44 bits per heavy atom. The van der Waals surface area contributed by atoms with Crippen molar-refractivity contribution in [2.24, 2.45) is 0 Å². The van der Waals surface area contributed by atoms with Gasteiger partial charge in [-0.15, -0.1) is 0 Å². The first-order chi connectivity index (χ1) is 12.1. The summed E-state index contributed by atoms with van der Waals surface area (Å²) >= 11 is 0.